The van der Waals surface area contributed by atoms with E-state index in [4.69, 9.17) is 5.26 Å². The van der Waals surface area contributed by atoms with Crippen molar-refractivity contribution in [2.75, 3.05) is 31.3 Å². The molecular formula is C18H20N6. The van der Waals surface area contributed by atoms with E-state index in [1.807, 2.05) is 19.2 Å². The molecule has 0 aliphatic heterocycles. The highest BCUT2D eigenvalue weighted by molar-refractivity contribution is 5.59. The Morgan fingerprint density at radius 2 is 1.96 bits per heavy atom. The number of hydrogen-bond donors (Lipinski definition) is 3. The molecule has 0 bridgehead atoms. The standard InChI is InChI=1S/C18H20N6/c1-20-11-5-3-4-6-15-13-22-18(24-17(15)21-2)23-16-9-7-14(12-19)8-10-16/h7-10,13,20H,3,5,11H2,1-2H3,(H2,21,22,23,24). The van der Waals surface area contributed by atoms with Crippen LogP contribution in [0, 0.1) is 23.2 Å². The van der Waals surface area contributed by atoms with Crippen molar-refractivity contribution in [3.05, 3.63) is 41.6 Å². The van der Waals surface area contributed by atoms with Gasteiger partial charge in [-0.1, -0.05) is 11.8 Å². The lowest BCUT2D eigenvalue weighted by atomic mass is 10.2. The Hall–Kier alpha value is -3.09. The normalized spacial score (nSPS) is 9.54. The highest BCUT2D eigenvalue weighted by Gasteiger charge is 2.04. The van der Waals surface area contributed by atoms with Crippen LogP contribution < -0.4 is 16.0 Å². The largest absolute Gasteiger partial charge is 0.372 e. The van der Waals surface area contributed by atoms with Gasteiger partial charge in [-0.25, -0.2) is 4.98 Å². The predicted octanol–water partition coefficient (Wildman–Crippen LogP) is 2.48. The number of anilines is 3. The molecule has 0 atom stereocenters. The van der Waals surface area contributed by atoms with Crippen molar-refractivity contribution in [2.45, 2.75) is 12.8 Å². The summed E-state index contributed by atoms with van der Waals surface area (Å²) in [5, 5.41) is 18.1. The Balaban J connectivity index is 2.08. The Kier molecular flexibility index (Phi) is 6.58. The van der Waals surface area contributed by atoms with Crippen LogP contribution >= 0.6 is 0 Å². The lowest BCUT2D eigenvalue weighted by molar-refractivity contribution is 0.742. The summed E-state index contributed by atoms with van der Waals surface area (Å²) in [6, 6.07) is 9.20. The van der Waals surface area contributed by atoms with Crippen molar-refractivity contribution in [3.8, 4) is 17.9 Å². The minimum absolute atomic E-state index is 0.477. The molecule has 122 valence electrons. The predicted molar refractivity (Wildman–Crippen MR) is 96.1 cm³/mol. The number of nitriles is 1. The molecule has 0 fully saturated rings. The van der Waals surface area contributed by atoms with E-state index in [0.29, 0.717) is 17.3 Å². The molecule has 0 aliphatic rings. The molecule has 0 saturated heterocycles. The van der Waals surface area contributed by atoms with Crippen molar-refractivity contribution in [2.24, 2.45) is 0 Å². The summed E-state index contributed by atoms with van der Waals surface area (Å²) in [6.07, 6.45) is 3.54. The third-order valence-electron chi connectivity index (χ3n) is 3.25. The maximum Gasteiger partial charge on any atom is 0.229 e. The SMILES string of the molecule is CNCCCC#Cc1cnc(Nc2ccc(C#N)cc2)nc1NC. The van der Waals surface area contributed by atoms with Crippen molar-refractivity contribution in [1.82, 2.24) is 15.3 Å². The zero-order valence-corrected chi connectivity index (χ0v) is 13.8. The van der Waals surface area contributed by atoms with Gasteiger partial charge in [0.05, 0.1) is 23.4 Å². The van der Waals surface area contributed by atoms with Crippen LogP contribution in [0.4, 0.5) is 17.5 Å². The van der Waals surface area contributed by atoms with Crippen LogP contribution in [0.2, 0.25) is 0 Å². The van der Waals surface area contributed by atoms with Crippen LogP contribution in [0.1, 0.15) is 24.0 Å². The van der Waals surface area contributed by atoms with Crippen molar-refractivity contribution >= 4 is 17.5 Å². The number of aromatic nitrogens is 2. The second-order valence-electron chi connectivity index (χ2n) is 5.03. The van der Waals surface area contributed by atoms with E-state index >= 15 is 0 Å². The lowest BCUT2D eigenvalue weighted by Crippen LogP contribution is -2.06. The minimum Gasteiger partial charge on any atom is -0.372 e. The summed E-state index contributed by atoms with van der Waals surface area (Å²) >= 11 is 0. The average Bonchev–Trinajstić information content (AvgIpc) is 2.63. The highest BCUT2D eigenvalue weighted by Crippen LogP contribution is 2.17. The van der Waals surface area contributed by atoms with Gasteiger partial charge in [0.25, 0.3) is 0 Å². The first-order valence-corrected chi connectivity index (χ1v) is 7.72. The molecule has 2 aromatic rings. The number of nitrogens with zero attached hydrogens (tertiary/aromatic N) is 3. The van der Waals surface area contributed by atoms with E-state index in [2.05, 4.69) is 43.8 Å². The first-order valence-electron chi connectivity index (χ1n) is 7.72. The molecule has 6 nitrogen and oxygen atoms in total. The van der Waals surface area contributed by atoms with Gasteiger partial charge in [0.1, 0.15) is 5.82 Å². The molecule has 1 heterocycles. The minimum atomic E-state index is 0.477. The maximum absolute atomic E-state index is 8.82. The molecule has 3 N–H and O–H groups in total. The van der Waals surface area contributed by atoms with Crippen LogP contribution in [0.25, 0.3) is 0 Å². The summed E-state index contributed by atoms with van der Waals surface area (Å²) in [4.78, 5) is 8.73. The summed E-state index contributed by atoms with van der Waals surface area (Å²) in [5.74, 6) is 7.39. The second-order valence-corrected chi connectivity index (χ2v) is 5.03. The van der Waals surface area contributed by atoms with E-state index in [0.717, 1.165) is 30.6 Å². The van der Waals surface area contributed by atoms with Crippen LogP contribution in [0.15, 0.2) is 30.5 Å². The Labute approximate surface area is 142 Å². The van der Waals surface area contributed by atoms with E-state index in [-0.39, 0.29) is 0 Å². The van der Waals surface area contributed by atoms with Gasteiger partial charge in [-0.3, -0.25) is 0 Å². The summed E-state index contributed by atoms with van der Waals surface area (Å²) in [5.41, 5.74) is 2.20. The molecule has 24 heavy (non-hydrogen) atoms. The Morgan fingerprint density at radius 3 is 2.62 bits per heavy atom. The molecule has 1 aromatic carbocycles. The molecule has 1 aromatic heterocycles. The summed E-state index contributed by atoms with van der Waals surface area (Å²) in [6.45, 7) is 0.956. The van der Waals surface area contributed by atoms with Gasteiger partial charge >= 0.3 is 0 Å². The summed E-state index contributed by atoms with van der Waals surface area (Å²) in [7, 11) is 3.74. The first kappa shape index (κ1) is 17.3. The topological polar surface area (TPSA) is 85.7 Å². The average molecular weight is 320 g/mol. The molecule has 2 rings (SSSR count). The molecule has 0 radical (unpaired) electrons. The van der Waals surface area contributed by atoms with Crippen LogP contribution in [0.3, 0.4) is 0 Å². The molecule has 0 unspecified atom stereocenters. The van der Waals surface area contributed by atoms with Crippen LogP contribution in [-0.2, 0) is 0 Å². The fraction of sp³-hybridized carbons (Fsp3) is 0.278. The van der Waals surface area contributed by atoms with Gasteiger partial charge in [0, 0.05) is 19.2 Å². The van der Waals surface area contributed by atoms with E-state index in [1.165, 1.54) is 0 Å². The number of unbranched alkanes of at least 4 members (excludes halogenated alkanes) is 1. The molecule has 0 aliphatic carbocycles. The first-order chi connectivity index (χ1) is 11.8. The Morgan fingerprint density at radius 1 is 1.17 bits per heavy atom. The van der Waals surface area contributed by atoms with E-state index < -0.39 is 0 Å². The number of rotatable bonds is 6. The fourth-order valence-corrected chi connectivity index (χ4v) is 1.99. The zero-order chi connectivity index (χ0) is 17.2. The number of benzene rings is 1. The molecule has 0 spiro atoms. The van der Waals surface area contributed by atoms with Gasteiger partial charge in [-0.05, 0) is 44.3 Å². The van der Waals surface area contributed by atoms with Gasteiger partial charge < -0.3 is 16.0 Å². The van der Waals surface area contributed by atoms with Gasteiger partial charge in [0.15, 0.2) is 0 Å². The molecular weight excluding hydrogens is 300 g/mol. The molecule has 6 heteroatoms. The van der Waals surface area contributed by atoms with Gasteiger partial charge in [0.2, 0.25) is 5.95 Å². The number of hydrogen-bond acceptors (Lipinski definition) is 6. The van der Waals surface area contributed by atoms with Crippen molar-refractivity contribution in [3.63, 3.8) is 0 Å². The zero-order valence-electron chi connectivity index (χ0n) is 13.8. The second kappa shape index (κ2) is 9.14. The van der Waals surface area contributed by atoms with E-state index in [1.54, 1.807) is 25.4 Å². The fourth-order valence-electron chi connectivity index (χ4n) is 1.99. The monoisotopic (exact) mass is 320 g/mol. The van der Waals surface area contributed by atoms with Crippen molar-refractivity contribution < 1.29 is 0 Å². The van der Waals surface area contributed by atoms with Crippen LogP contribution in [0.5, 0.6) is 0 Å². The smallest absolute Gasteiger partial charge is 0.229 e. The third kappa shape index (κ3) is 4.98. The summed E-state index contributed by atoms with van der Waals surface area (Å²) < 4.78 is 0. The third-order valence-corrected chi connectivity index (χ3v) is 3.25. The Bertz CT molecular complexity index is 765. The van der Waals surface area contributed by atoms with E-state index in [9.17, 15) is 0 Å². The maximum atomic E-state index is 8.82. The molecule has 0 saturated carbocycles. The number of nitrogens with one attached hydrogen (secondary N) is 3. The lowest BCUT2D eigenvalue weighted by Gasteiger charge is -2.08. The van der Waals surface area contributed by atoms with Crippen molar-refractivity contribution in [1.29, 1.82) is 5.26 Å². The van der Waals surface area contributed by atoms with Crippen LogP contribution in [-0.4, -0.2) is 30.6 Å². The quantitative estimate of drug-likeness (QED) is 0.560. The van der Waals surface area contributed by atoms with Gasteiger partial charge in [-0.2, -0.15) is 10.2 Å². The highest BCUT2D eigenvalue weighted by atomic mass is 15.1. The van der Waals surface area contributed by atoms with Gasteiger partial charge in [-0.15, -0.1) is 0 Å². The molecule has 0 amide bonds.